The Morgan fingerprint density at radius 3 is 2.71 bits per heavy atom. The maximum absolute atomic E-state index is 4.57. The van der Waals surface area contributed by atoms with Gasteiger partial charge in [-0.2, -0.15) is 0 Å². The molecule has 124 valence electrons. The Bertz CT molecular complexity index is 848. The third-order valence-electron chi connectivity index (χ3n) is 4.43. The molecule has 1 saturated heterocycles. The van der Waals surface area contributed by atoms with Gasteiger partial charge in [-0.1, -0.05) is 6.07 Å². The van der Waals surface area contributed by atoms with E-state index in [2.05, 4.69) is 56.5 Å². The van der Waals surface area contributed by atoms with E-state index in [4.69, 9.17) is 0 Å². The van der Waals surface area contributed by atoms with Crippen LogP contribution in [0.15, 0.2) is 42.6 Å². The molecule has 1 aliphatic rings. The third-order valence-corrected chi connectivity index (χ3v) is 4.43. The SMILES string of the molecule is Cc1cn2nc(Nc3cccc(N4CCN(C)CC4)c3)ccc2n1. The first-order valence-corrected chi connectivity index (χ1v) is 8.31. The van der Waals surface area contributed by atoms with Gasteiger partial charge in [0, 0.05) is 37.6 Å². The van der Waals surface area contributed by atoms with Crippen LogP contribution in [0.5, 0.6) is 0 Å². The van der Waals surface area contributed by atoms with Crippen LogP contribution in [0.25, 0.3) is 5.65 Å². The fourth-order valence-corrected chi connectivity index (χ4v) is 3.06. The number of anilines is 3. The number of benzene rings is 1. The van der Waals surface area contributed by atoms with E-state index in [1.54, 1.807) is 0 Å². The number of hydrogen-bond acceptors (Lipinski definition) is 5. The zero-order chi connectivity index (χ0) is 16.5. The summed E-state index contributed by atoms with van der Waals surface area (Å²) in [5.41, 5.74) is 4.14. The Balaban J connectivity index is 1.54. The molecule has 1 N–H and O–H groups in total. The summed E-state index contributed by atoms with van der Waals surface area (Å²) in [7, 11) is 2.18. The normalized spacial score (nSPS) is 15.8. The molecule has 3 aromatic rings. The standard InChI is InChI=1S/C18H22N6/c1-14-13-24-18(19-14)7-6-17(21-24)20-15-4-3-5-16(12-15)23-10-8-22(2)9-11-23/h3-7,12-13H,8-11H2,1-2H3,(H,20,21). The number of likely N-dealkylation sites (N-methyl/N-ethyl adjacent to an activating group) is 1. The minimum Gasteiger partial charge on any atom is -0.369 e. The molecule has 0 atom stereocenters. The summed E-state index contributed by atoms with van der Waals surface area (Å²) in [4.78, 5) is 9.20. The van der Waals surface area contributed by atoms with Crippen molar-refractivity contribution in [2.24, 2.45) is 0 Å². The van der Waals surface area contributed by atoms with Crippen LogP contribution in [0.3, 0.4) is 0 Å². The molecule has 6 heteroatoms. The number of hydrogen-bond donors (Lipinski definition) is 1. The number of imidazole rings is 1. The van der Waals surface area contributed by atoms with Crippen LogP contribution in [0.4, 0.5) is 17.2 Å². The van der Waals surface area contributed by atoms with Crippen molar-refractivity contribution in [1.29, 1.82) is 0 Å². The summed E-state index contributed by atoms with van der Waals surface area (Å²) < 4.78 is 1.81. The highest BCUT2D eigenvalue weighted by molar-refractivity contribution is 5.64. The van der Waals surface area contributed by atoms with Crippen LogP contribution in [-0.2, 0) is 0 Å². The van der Waals surface area contributed by atoms with E-state index < -0.39 is 0 Å². The van der Waals surface area contributed by atoms with Gasteiger partial charge in [0.2, 0.25) is 0 Å². The van der Waals surface area contributed by atoms with Gasteiger partial charge in [-0.3, -0.25) is 0 Å². The lowest BCUT2D eigenvalue weighted by atomic mass is 10.2. The first kappa shape index (κ1) is 15.0. The van der Waals surface area contributed by atoms with Crippen LogP contribution in [-0.4, -0.2) is 52.7 Å². The number of nitrogens with zero attached hydrogens (tertiary/aromatic N) is 5. The molecule has 6 nitrogen and oxygen atoms in total. The van der Waals surface area contributed by atoms with Gasteiger partial charge in [-0.15, -0.1) is 5.10 Å². The fraction of sp³-hybridized carbons (Fsp3) is 0.333. The molecule has 4 rings (SSSR count). The molecule has 2 aromatic heterocycles. The molecule has 1 fully saturated rings. The predicted molar refractivity (Wildman–Crippen MR) is 97.2 cm³/mol. The van der Waals surface area contributed by atoms with Gasteiger partial charge >= 0.3 is 0 Å². The lowest BCUT2D eigenvalue weighted by Crippen LogP contribution is -2.44. The minimum atomic E-state index is 0.815. The number of aryl methyl sites for hydroxylation is 1. The first-order valence-electron chi connectivity index (χ1n) is 8.31. The van der Waals surface area contributed by atoms with Gasteiger partial charge < -0.3 is 15.1 Å². The van der Waals surface area contributed by atoms with Crippen molar-refractivity contribution >= 4 is 22.8 Å². The highest BCUT2D eigenvalue weighted by atomic mass is 15.3. The maximum Gasteiger partial charge on any atom is 0.153 e. The second-order valence-electron chi connectivity index (χ2n) is 6.37. The smallest absolute Gasteiger partial charge is 0.153 e. The van der Waals surface area contributed by atoms with E-state index >= 15 is 0 Å². The molecule has 1 aromatic carbocycles. The molecule has 0 bridgehead atoms. The van der Waals surface area contributed by atoms with E-state index in [0.29, 0.717) is 0 Å². The van der Waals surface area contributed by atoms with E-state index in [0.717, 1.165) is 49.0 Å². The Kier molecular flexibility index (Phi) is 3.82. The molecule has 0 radical (unpaired) electrons. The summed E-state index contributed by atoms with van der Waals surface area (Å²) in [6, 6.07) is 12.5. The van der Waals surface area contributed by atoms with Gasteiger partial charge in [0.1, 0.15) is 0 Å². The number of nitrogens with one attached hydrogen (secondary N) is 1. The zero-order valence-corrected chi connectivity index (χ0v) is 14.1. The number of rotatable bonds is 3. The molecule has 0 aliphatic carbocycles. The summed E-state index contributed by atoms with van der Waals surface area (Å²) in [6.45, 7) is 6.32. The fourth-order valence-electron chi connectivity index (χ4n) is 3.06. The van der Waals surface area contributed by atoms with Gasteiger partial charge in [-0.25, -0.2) is 9.50 Å². The van der Waals surface area contributed by atoms with Gasteiger partial charge in [0.05, 0.1) is 11.9 Å². The van der Waals surface area contributed by atoms with Crippen molar-refractivity contribution in [3.05, 3.63) is 48.3 Å². The monoisotopic (exact) mass is 322 g/mol. The molecule has 24 heavy (non-hydrogen) atoms. The van der Waals surface area contributed by atoms with Crippen LogP contribution >= 0.6 is 0 Å². The van der Waals surface area contributed by atoms with Gasteiger partial charge in [0.15, 0.2) is 11.5 Å². The summed E-state index contributed by atoms with van der Waals surface area (Å²) in [6.07, 6.45) is 1.93. The van der Waals surface area contributed by atoms with Crippen molar-refractivity contribution < 1.29 is 0 Å². The Morgan fingerprint density at radius 1 is 1.04 bits per heavy atom. The Morgan fingerprint density at radius 2 is 1.88 bits per heavy atom. The molecule has 1 aliphatic heterocycles. The van der Waals surface area contributed by atoms with Gasteiger partial charge in [0.25, 0.3) is 0 Å². The topological polar surface area (TPSA) is 48.7 Å². The molecular formula is C18H22N6. The minimum absolute atomic E-state index is 0.815. The third kappa shape index (κ3) is 3.05. The summed E-state index contributed by atoms with van der Waals surface area (Å²) in [5, 5.41) is 7.96. The molecule has 3 heterocycles. The second kappa shape index (κ2) is 6.13. The summed E-state index contributed by atoms with van der Waals surface area (Å²) >= 11 is 0. The lowest BCUT2D eigenvalue weighted by molar-refractivity contribution is 0.313. The Labute approximate surface area is 141 Å². The number of aromatic nitrogens is 3. The molecule has 0 unspecified atom stereocenters. The van der Waals surface area contributed by atoms with Crippen molar-refractivity contribution in [3.8, 4) is 0 Å². The van der Waals surface area contributed by atoms with E-state index in [9.17, 15) is 0 Å². The Hall–Kier alpha value is -2.60. The molecule has 0 saturated carbocycles. The second-order valence-corrected chi connectivity index (χ2v) is 6.37. The highest BCUT2D eigenvalue weighted by Crippen LogP contribution is 2.23. The summed E-state index contributed by atoms with van der Waals surface area (Å²) in [5.74, 6) is 0.815. The van der Waals surface area contributed by atoms with Crippen LogP contribution in [0, 0.1) is 6.92 Å². The number of piperazine rings is 1. The molecular weight excluding hydrogens is 300 g/mol. The van der Waals surface area contributed by atoms with Crippen LogP contribution in [0.2, 0.25) is 0 Å². The quantitative estimate of drug-likeness (QED) is 0.803. The van der Waals surface area contributed by atoms with Crippen molar-refractivity contribution in [3.63, 3.8) is 0 Å². The van der Waals surface area contributed by atoms with Crippen molar-refractivity contribution in [2.75, 3.05) is 43.4 Å². The van der Waals surface area contributed by atoms with E-state index in [1.165, 1.54) is 5.69 Å². The van der Waals surface area contributed by atoms with Crippen molar-refractivity contribution in [2.45, 2.75) is 6.92 Å². The average molecular weight is 322 g/mol. The first-order chi connectivity index (χ1) is 11.7. The maximum atomic E-state index is 4.57. The van der Waals surface area contributed by atoms with Crippen LogP contribution in [0.1, 0.15) is 5.69 Å². The van der Waals surface area contributed by atoms with E-state index in [-0.39, 0.29) is 0 Å². The van der Waals surface area contributed by atoms with E-state index in [1.807, 2.05) is 29.8 Å². The largest absolute Gasteiger partial charge is 0.369 e. The van der Waals surface area contributed by atoms with Crippen LogP contribution < -0.4 is 10.2 Å². The zero-order valence-electron chi connectivity index (χ0n) is 14.1. The predicted octanol–water partition coefficient (Wildman–Crippen LogP) is 2.53. The van der Waals surface area contributed by atoms with Crippen molar-refractivity contribution in [1.82, 2.24) is 19.5 Å². The lowest BCUT2D eigenvalue weighted by Gasteiger charge is -2.34. The van der Waals surface area contributed by atoms with Gasteiger partial charge in [-0.05, 0) is 44.3 Å². The number of fused-ring (bicyclic) bond motifs is 1. The highest BCUT2D eigenvalue weighted by Gasteiger charge is 2.14. The molecule has 0 amide bonds. The molecule has 0 spiro atoms. The average Bonchev–Trinajstić information content (AvgIpc) is 2.95.